The number of nitrogens with zero attached hydrogens (tertiary/aromatic N) is 2. The smallest absolute Gasteiger partial charge is 0.252 e. The van der Waals surface area contributed by atoms with E-state index in [-0.39, 0.29) is 12.0 Å². The van der Waals surface area contributed by atoms with E-state index < -0.39 is 0 Å². The second-order valence-corrected chi connectivity index (χ2v) is 6.28. The number of hydrogen-bond donors (Lipinski definition) is 2. The molecule has 134 valence electrons. The number of carbonyl (C=O) groups excluding carboxylic acids is 1. The third-order valence-corrected chi connectivity index (χ3v) is 3.38. The quantitative estimate of drug-likeness (QED) is 0.772. The Morgan fingerprint density at radius 1 is 1.20 bits per heavy atom. The van der Waals surface area contributed by atoms with E-state index in [0.29, 0.717) is 17.9 Å². The monoisotopic (exact) mass is 342 g/mol. The van der Waals surface area contributed by atoms with Gasteiger partial charge in [-0.05, 0) is 52.2 Å². The SMILES string of the molecule is CC(C)Oc1ccccc1Nc1ccc(C(=O)NCCN(C)C)cn1. The van der Waals surface area contributed by atoms with Crippen LogP contribution in [0.5, 0.6) is 5.75 Å². The highest BCUT2D eigenvalue weighted by atomic mass is 16.5. The second-order valence-electron chi connectivity index (χ2n) is 6.28. The maximum absolute atomic E-state index is 12.1. The third kappa shape index (κ3) is 6.08. The first-order chi connectivity index (χ1) is 12.0. The van der Waals surface area contributed by atoms with Crippen molar-refractivity contribution in [2.24, 2.45) is 0 Å². The summed E-state index contributed by atoms with van der Waals surface area (Å²) in [5.74, 6) is 1.30. The van der Waals surface area contributed by atoms with Crippen molar-refractivity contribution < 1.29 is 9.53 Å². The zero-order valence-electron chi connectivity index (χ0n) is 15.2. The fourth-order valence-electron chi connectivity index (χ4n) is 2.16. The molecule has 0 aliphatic rings. The van der Waals surface area contributed by atoms with Crippen LogP contribution >= 0.6 is 0 Å². The lowest BCUT2D eigenvalue weighted by Gasteiger charge is -2.15. The van der Waals surface area contributed by atoms with Gasteiger partial charge >= 0.3 is 0 Å². The van der Waals surface area contributed by atoms with Gasteiger partial charge in [0.25, 0.3) is 5.91 Å². The zero-order chi connectivity index (χ0) is 18.2. The van der Waals surface area contributed by atoms with E-state index in [0.717, 1.165) is 18.0 Å². The zero-order valence-corrected chi connectivity index (χ0v) is 15.2. The Hall–Kier alpha value is -2.60. The first-order valence-corrected chi connectivity index (χ1v) is 8.37. The molecule has 0 bridgehead atoms. The maximum Gasteiger partial charge on any atom is 0.252 e. The maximum atomic E-state index is 12.1. The predicted octanol–water partition coefficient (Wildman–Crippen LogP) is 2.90. The molecule has 2 rings (SSSR count). The standard InChI is InChI=1S/C19H26N4O2/c1-14(2)25-17-8-6-5-7-16(17)22-18-10-9-15(13-21-18)19(24)20-11-12-23(3)4/h5-10,13-14H,11-12H2,1-4H3,(H,20,24)(H,21,22). The number of benzene rings is 1. The van der Waals surface area contributed by atoms with Gasteiger partial charge in [0.2, 0.25) is 0 Å². The highest BCUT2D eigenvalue weighted by molar-refractivity contribution is 5.94. The lowest BCUT2D eigenvalue weighted by atomic mass is 10.2. The Labute approximate surface area is 149 Å². The molecule has 0 saturated heterocycles. The largest absolute Gasteiger partial charge is 0.489 e. The Morgan fingerprint density at radius 2 is 1.96 bits per heavy atom. The van der Waals surface area contributed by atoms with Crippen LogP contribution in [0.3, 0.4) is 0 Å². The van der Waals surface area contributed by atoms with Crippen molar-refractivity contribution in [1.82, 2.24) is 15.2 Å². The number of nitrogens with one attached hydrogen (secondary N) is 2. The molecular weight excluding hydrogens is 316 g/mol. The Bertz CT molecular complexity index is 684. The molecule has 0 aliphatic heterocycles. The van der Waals surface area contributed by atoms with Crippen molar-refractivity contribution in [3.63, 3.8) is 0 Å². The number of aromatic nitrogens is 1. The van der Waals surface area contributed by atoms with Crippen molar-refractivity contribution in [1.29, 1.82) is 0 Å². The summed E-state index contributed by atoms with van der Waals surface area (Å²) in [6.07, 6.45) is 1.66. The second kappa shape index (κ2) is 9.03. The Morgan fingerprint density at radius 3 is 2.60 bits per heavy atom. The van der Waals surface area contributed by atoms with Gasteiger partial charge in [-0.3, -0.25) is 4.79 Å². The van der Waals surface area contributed by atoms with E-state index in [1.807, 2.05) is 57.1 Å². The van der Waals surface area contributed by atoms with Crippen LogP contribution in [0.25, 0.3) is 0 Å². The van der Waals surface area contributed by atoms with Crippen molar-refractivity contribution in [2.45, 2.75) is 20.0 Å². The van der Waals surface area contributed by atoms with Gasteiger partial charge < -0.3 is 20.3 Å². The number of hydrogen-bond acceptors (Lipinski definition) is 5. The minimum absolute atomic E-state index is 0.0872. The van der Waals surface area contributed by atoms with Gasteiger partial charge in [-0.25, -0.2) is 4.98 Å². The van der Waals surface area contributed by atoms with Gasteiger partial charge in [0.05, 0.1) is 17.4 Å². The van der Waals surface area contributed by atoms with Gasteiger partial charge in [0, 0.05) is 19.3 Å². The number of ether oxygens (including phenoxy) is 1. The molecule has 2 N–H and O–H groups in total. The summed E-state index contributed by atoms with van der Waals surface area (Å²) in [4.78, 5) is 18.4. The van der Waals surface area contributed by atoms with Crippen LogP contribution in [0.4, 0.5) is 11.5 Å². The van der Waals surface area contributed by atoms with Crippen LogP contribution in [-0.4, -0.2) is 49.1 Å². The average molecular weight is 342 g/mol. The molecule has 0 unspecified atom stereocenters. The van der Waals surface area contributed by atoms with E-state index in [1.54, 1.807) is 18.3 Å². The topological polar surface area (TPSA) is 66.5 Å². The van der Waals surface area contributed by atoms with Crippen LogP contribution in [0, 0.1) is 0 Å². The van der Waals surface area contributed by atoms with Crippen molar-refractivity contribution in [2.75, 3.05) is 32.5 Å². The molecule has 25 heavy (non-hydrogen) atoms. The first kappa shape index (κ1) is 18.7. The molecule has 1 amide bonds. The fraction of sp³-hybridized carbons (Fsp3) is 0.368. The van der Waals surface area contributed by atoms with Gasteiger partial charge in [0.1, 0.15) is 11.6 Å². The van der Waals surface area contributed by atoms with Crippen LogP contribution < -0.4 is 15.4 Å². The summed E-state index contributed by atoms with van der Waals surface area (Å²) in [7, 11) is 3.93. The van der Waals surface area contributed by atoms with Crippen molar-refractivity contribution >= 4 is 17.4 Å². The molecule has 0 spiro atoms. The van der Waals surface area contributed by atoms with Crippen LogP contribution in [0.2, 0.25) is 0 Å². The number of likely N-dealkylation sites (N-methyl/N-ethyl adjacent to an activating group) is 1. The summed E-state index contributed by atoms with van der Waals surface area (Å²) in [5, 5.41) is 6.10. The minimum Gasteiger partial charge on any atom is -0.489 e. The molecule has 0 atom stereocenters. The number of anilines is 2. The summed E-state index contributed by atoms with van der Waals surface area (Å²) in [6, 6.07) is 11.2. The number of carbonyl (C=O) groups is 1. The predicted molar refractivity (Wildman–Crippen MR) is 101 cm³/mol. The lowest BCUT2D eigenvalue weighted by Crippen LogP contribution is -2.31. The number of amides is 1. The summed E-state index contributed by atoms with van der Waals surface area (Å²) < 4.78 is 5.78. The highest BCUT2D eigenvalue weighted by Gasteiger charge is 2.08. The van der Waals surface area contributed by atoms with E-state index in [4.69, 9.17) is 4.74 Å². The number of pyridine rings is 1. The lowest BCUT2D eigenvalue weighted by molar-refractivity contribution is 0.0950. The number of rotatable bonds is 8. The molecule has 1 aromatic heterocycles. The van der Waals surface area contributed by atoms with Gasteiger partial charge in [-0.1, -0.05) is 12.1 Å². The molecule has 0 fully saturated rings. The third-order valence-electron chi connectivity index (χ3n) is 3.38. The average Bonchev–Trinajstić information content (AvgIpc) is 2.56. The van der Waals surface area contributed by atoms with Gasteiger partial charge in [-0.2, -0.15) is 0 Å². The van der Waals surface area contributed by atoms with Crippen LogP contribution in [0.15, 0.2) is 42.6 Å². The van der Waals surface area contributed by atoms with E-state index in [1.165, 1.54) is 0 Å². The van der Waals surface area contributed by atoms with E-state index in [9.17, 15) is 4.79 Å². The summed E-state index contributed by atoms with van der Waals surface area (Å²) in [5.41, 5.74) is 1.38. The molecule has 0 saturated carbocycles. The molecular formula is C19H26N4O2. The fourth-order valence-corrected chi connectivity index (χ4v) is 2.16. The highest BCUT2D eigenvalue weighted by Crippen LogP contribution is 2.27. The van der Waals surface area contributed by atoms with Crippen molar-refractivity contribution in [3.8, 4) is 5.75 Å². The Balaban J connectivity index is 2.00. The molecule has 0 aliphatic carbocycles. The normalized spacial score (nSPS) is 10.8. The minimum atomic E-state index is -0.121. The van der Waals surface area contributed by atoms with E-state index >= 15 is 0 Å². The number of para-hydroxylation sites is 2. The van der Waals surface area contributed by atoms with Crippen LogP contribution in [-0.2, 0) is 0 Å². The first-order valence-electron chi connectivity index (χ1n) is 8.37. The molecule has 0 radical (unpaired) electrons. The molecule has 2 aromatic rings. The summed E-state index contributed by atoms with van der Waals surface area (Å²) >= 11 is 0. The molecule has 1 aromatic carbocycles. The van der Waals surface area contributed by atoms with Crippen molar-refractivity contribution in [3.05, 3.63) is 48.2 Å². The van der Waals surface area contributed by atoms with Gasteiger partial charge in [-0.15, -0.1) is 0 Å². The summed E-state index contributed by atoms with van der Waals surface area (Å²) in [6.45, 7) is 5.37. The van der Waals surface area contributed by atoms with Gasteiger partial charge in [0.15, 0.2) is 0 Å². The molecule has 6 nitrogen and oxygen atoms in total. The van der Waals surface area contributed by atoms with Crippen LogP contribution in [0.1, 0.15) is 24.2 Å². The molecule has 6 heteroatoms. The van der Waals surface area contributed by atoms with E-state index in [2.05, 4.69) is 15.6 Å². The molecule has 1 heterocycles. The Kier molecular flexibility index (Phi) is 6.77.